The molecule has 3 aromatic rings. The molecule has 160 valence electrons. The number of methoxy groups -OCH3 is 1. The topological polar surface area (TPSA) is 109 Å². The molecule has 0 fully saturated rings. The molecule has 2 N–H and O–H groups in total. The molecule has 0 saturated carbocycles. The molecule has 0 aliphatic carbocycles. The van der Waals surface area contributed by atoms with Crippen LogP contribution in [-0.2, 0) is 11.4 Å². The number of nitriles is 1. The maximum Gasteiger partial charge on any atom is 0.337 e. The molecule has 7 heteroatoms. The predicted octanol–water partition coefficient (Wildman–Crippen LogP) is 4.52. The van der Waals surface area contributed by atoms with Crippen molar-refractivity contribution in [1.29, 1.82) is 5.26 Å². The van der Waals surface area contributed by atoms with Crippen molar-refractivity contribution in [3.8, 4) is 17.6 Å². The molecule has 32 heavy (non-hydrogen) atoms. The van der Waals surface area contributed by atoms with Gasteiger partial charge in [0.2, 0.25) is 0 Å². The fraction of sp³-hybridized carbons (Fsp3) is 0.0800. The molecule has 0 saturated heterocycles. The second-order valence-corrected chi connectivity index (χ2v) is 6.63. The number of nitrogens with zero attached hydrogens (tertiary/aromatic N) is 1. The number of ether oxygens (including phenoxy) is 2. The minimum atomic E-state index is -1.19. The summed E-state index contributed by atoms with van der Waals surface area (Å²) in [6.07, 6.45) is 1.38. The Morgan fingerprint density at radius 1 is 1.03 bits per heavy atom. The van der Waals surface area contributed by atoms with E-state index in [1.165, 1.54) is 25.3 Å². The summed E-state index contributed by atoms with van der Waals surface area (Å²) >= 11 is 0. The SMILES string of the molecule is COc1cccc(/C=C(\C#N)C(=O)Nc2ccccc2C(=O)O)c1OCc1ccccc1. The van der Waals surface area contributed by atoms with Gasteiger partial charge in [-0.1, -0.05) is 54.6 Å². The molecule has 0 bridgehead atoms. The summed E-state index contributed by atoms with van der Waals surface area (Å²) in [5, 5.41) is 21.4. The third-order valence-electron chi connectivity index (χ3n) is 4.53. The molecule has 0 spiro atoms. The molecular formula is C25H20N2O5. The van der Waals surface area contributed by atoms with E-state index in [0.717, 1.165) is 5.56 Å². The number of hydrogen-bond acceptors (Lipinski definition) is 5. The molecule has 0 aromatic heterocycles. The standard InChI is InChI=1S/C25H20N2O5/c1-31-22-13-7-10-18(23(22)32-16-17-8-3-2-4-9-17)14-19(15-26)24(28)27-21-12-6-5-11-20(21)25(29)30/h2-14H,16H2,1H3,(H,27,28)(H,29,30)/b19-14+. The Bertz CT molecular complexity index is 1200. The van der Waals surface area contributed by atoms with Gasteiger partial charge in [-0.25, -0.2) is 4.79 Å². The van der Waals surface area contributed by atoms with Crippen LogP contribution in [0.25, 0.3) is 6.08 Å². The van der Waals surface area contributed by atoms with Crippen molar-refractivity contribution < 1.29 is 24.2 Å². The number of anilines is 1. The van der Waals surface area contributed by atoms with E-state index >= 15 is 0 Å². The summed E-state index contributed by atoms with van der Waals surface area (Å²) in [7, 11) is 1.50. The first-order valence-electron chi connectivity index (χ1n) is 9.62. The maximum absolute atomic E-state index is 12.7. The Kier molecular flexibility index (Phi) is 7.23. The number of carbonyl (C=O) groups is 2. The highest BCUT2D eigenvalue weighted by atomic mass is 16.5. The van der Waals surface area contributed by atoms with Gasteiger partial charge in [-0.05, 0) is 29.8 Å². The van der Waals surface area contributed by atoms with Crippen molar-refractivity contribution in [2.24, 2.45) is 0 Å². The third-order valence-corrected chi connectivity index (χ3v) is 4.53. The smallest absolute Gasteiger partial charge is 0.337 e. The summed E-state index contributed by atoms with van der Waals surface area (Å²) in [5.74, 6) is -1.10. The van der Waals surface area contributed by atoms with E-state index in [2.05, 4.69) is 5.32 Å². The second kappa shape index (κ2) is 10.5. The zero-order valence-corrected chi connectivity index (χ0v) is 17.2. The molecule has 3 aromatic carbocycles. The predicted molar refractivity (Wildman–Crippen MR) is 119 cm³/mol. The average Bonchev–Trinajstić information content (AvgIpc) is 2.82. The highest BCUT2D eigenvalue weighted by Gasteiger charge is 2.17. The number of amides is 1. The van der Waals surface area contributed by atoms with Crippen molar-refractivity contribution in [3.05, 3.63) is 95.1 Å². The molecule has 0 unspecified atom stereocenters. The Morgan fingerprint density at radius 2 is 1.75 bits per heavy atom. The van der Waals surface area contributed by atoms with Crippen LogP contribution in [0.2, 0.25) is 0 Å². The lowest BCUT2D eigenvalue weighted by Crippen LogP contribution is -2.16. The highest BCUT2D eigenvalue weighted by Crippen LogP contribution is 2.33. The molecule has 7 nitrogen and oxygen atoms in total. The number of carboxylic acids is 1. The van der Waals surface area contributed by atoms with Crippen molar-refractivity contribution in [2.45, 2.75) is 6.61 Å². The Hall–Kier alpha value is -4.57. The van der Waals surface area contributed by atoms with Crippen molar-refractivity contribution in [2.75, 3.05) is 12.4 Å². The van der Waals surface area contributed by atoms with Gasteiger partial charge in [-0.15, -0.1) is 0 Å². The van der Waals surface area contributed by atoms with Crippen LogP contribution < -0.4 is 14.8 Å². The highest BCUT2D eigenvalue weighted by molar-refractivity contribution is 6.12. The fourth-order valence-corrected chi connectivity index (χ4v) is 2.96. The van der Waals surface area contributed by atoms with E-state index in [1.807, 2.05) is 36.4 Å². The van der Waals surface area contributed by atoms with Crippen molar-refractivity contribution in [3.63, 3.8) is 0 Å². The molecule has 0 aliphatic rings. The van der Waals surface area contributed by atoms with Crippen LogP contribution in [0.4, 0.5) is 5.69 Å². The summed E-state index contributed by atoms with van der Waals surface area (Å²) < 4.78 is 11.3. The number of nitrogens with one attached hydrogen (secondary N) is 1. The van der Waals surface area contributed by atoms with Crippen molar-refractivity contribution >= 4 is 23.6 Å². The van der Waals surface area contributed by atoms with Gasteiger partial charge in [-0.2, -0.15) is 5.26 Å². The van der Waals surface area contributed by atoms with Crippen LogP contribution in [0, 0.1) is 11.3 Å². The number of aromatic carboxylic acids is 1. The molecule has 3 rings (SSSR count). The Balaban J connectivity index is 1.90. The van der Waals surface area contributed by atoms with Gasteiger partial charge in [0.1, 0.15) is 18.2 Å². The number of rotatable bonds is 8. The number of carboxylic acid groups (broad SMARTS) is 1. The second-order valence-electron chi connectivity index (χ2n) is 6.63. The van der Waals surface area contributed by atoms with Crippen molar-refractivity contribution in [1.82, 2.24) is 0 Å². The molecule has 0 aliphatic heterocycles. The van der Waals surface area contributed by atoms with Gasteiger partial charge in [0.15, 0.2) is 11.5 Å². The van der Waals surface area contributed by atoms with Gasteiger partial charge >= 0.3 is 5.97 Å². The van der Waals surface area contributed by atoms with E-state index < -0.39 is 11.9 Å². The summed E-state index contributed by atoms with van der Waals surface area (Å²) in [6, 6.07) is 22.5. The first kappa shape index (κ1) is 22.1. The van der Waals surface area contributed by atoms with Crippen LogP contribution in [-0.4, -0.2) is 24.1 Å². The largest absolute Gasteiger partial charge is 0.493 e. The Morgan fingerprint density at radius 3 is 2.44 bits per heavy atom. The minimum Gasteiger partial charge on any atom is -0.493 e. The number of para-hydroxylation sites is 2. The van der Waals surface area contributed by atoms with E-state index in [1.54, 1.807) is 30.3 Å². The molecule has 0 atom stereocenters. The minimum absolute atomic E-state index is 0.0774. The first-order chi connectivity index (χ1) is 15.5. The molecule has 1 amide bonds. The maximum atomic E-state index is 12.7. The van der Waals surface area contributed by atoms with Crippen LogP contribution in [0.5, 0.6) is 11.5 Å². The zero-order chi connectivity index (χ0) is 22.9. The van der Waals surface area contributed by atoms with E-state index in [9.17, 15) is 20.0 Å². The van der Waals surface area contributed by atoms with Crippen LogP contribution in [0.1, 0.15) is 21.5 Å². The number of benzene rings is 3. The molecule has 0 heterocycles. The molecule has 0 radical (unpaired) electrons. The lowest BCUT2D eigenvalue weighted by Gasteiger charge is -2.14. The lowest BCUT2D eigenvalue weighted by molar-refractivity contribution is -0.112. The number of hydrogen-bond donors (Lipinski definition) is 2. The van der Waals surface area contributed by atoms with Gasteiger partial charge in [0, 0.05) is 5.56 Å². The quantitative estimate of drug-likeness (QED) is 0.403. The summed E-state index contributed by atoms with van der Waals surface area (Å²) in [6.45, 7) is 0.266. The van der Waals surface area contributed by atoms with Crippen LogP contribution in [0.15, 0.2) is 78.4 Å². The van der Waals surface area contributed by atoms with E-state index in [4.69, 9.17) is 9.47 Å². The first-order valence-corrected chi connectivity index (χ1v) is 9.62. The fourth-order valence-electron chi connectivity index (χ4n) is 2.96. The average molecular weight is 428 g/mol. The van der Waals surface area contributed by atoms with Gasteiger partial charge in [0.05, 0.1) is 18.4 Å². The number of carbonyl (C=O) groups excluding carboxylic acids is 1. The Labute approximate surface area is 185 Å². The van der Waals surface area contributed by atoms with Crippen LogP contribution >= 0.6 is 0 Å². The third kappa shape index (κ3) is 5.32. The summed E-state index contributed by atoms with van der Waals surface area (Å²) in [4.78, 5) is 24.1. The van der Waals surface area contributed by atoms with Gasteiger partial charge in [-0.3, -0.25) is 4.79 Å². The zero-order valence-electron chi connectivity index (χ0n) is 17.2. The summed E-state index contributed by atoms with van der Waals surface area (Å²) in [5.41, 5.74) is 1.21. The van der Waals surface area contributed by atoms with Gasteiger partial charge in [0.25, 0.3) is 5.91 Å². The monoisotopic (exact) mass is 428 g/mol. The lowest BCUT2D eigenvalue weighted by atomic mass is 10.1. The van der Waals surface area contributed by atoms with E-state index in [0.29, 0.717) is 17.1 Å². The van der Waals surface area contributed by atoms with Crippen LogP contribution in [0.3, 0.4) is 0 Å². The molecular weight excluding hydrogens is 408 g/mol. The van der Waals surface area contributed by atoms with Gasteiger partial charge < -0.3 is 19.9 Å². The normalized spacial score (nSPS) is 10.7. The van der Waals surface area contributed by atoms with E-state index in [-0.39, 0.29) is 23.4 Å².